The minimum Gasteiger partial charge on any atom is -0.454 e. The van der Waals surface area contributed by atoms with Crippen LogP contribution >= 0.6 is 0 Å². The Morgan fingerprint density at radius 1 is 0.466 bits per heavy atom. The monoisotopic (exact) mass is 740 g/mol. The first kappa shape index (κ1) is 33.3. The van der Waals surface area contributed by atoms with Gasteiger partial charge in [0.25, 0.3) is 0 Å². The lowest BCUT2D eigenvalue weighted by atomic mass is 9.91. The average molecular weight is 741 g/mol. The van der Waals surface area contributed by atoms with Gasteiger partial charge in [-0.3, -0.25) is 0 Å². The van der Waals surface area contributed by atoms with E-state index in [0.29, 0.717) is 22.8 Å². The number of hydrogen-bond donors (Lipinski definition) is 0. The van der Waals surface area contributed by atoms with Crippen LogP contribution in [0.5, 0.6) is 0 Å². The van der Waals surface area contributed by atoms with Gasteiger partial charge in [-0.25, -0.2) is 9.97 Å². The summed E-state index contributed by atoms with van der Waals surface area (Å²) in [5.74, 6) is 0.518. The van der Waals surface area contributed by atoms with Crippen LogP contribution in [0.3, 0.4) is 0 Å². The lowest BCUT2D eigenvalue weighted by Gasteiger charge is -2.21. The highest BCUT2D eigenvalue weighted by Gasteiger charge is 2.26. The molecule has 0 aliphatic heterocycles. The highest BCUT2D eigenvalue weighted by molar-refractivity contribution is 6.22. The number of rotatable bonds is 6. The molecule has 11 rings (SSSR count). The maximum absolute atomic E-state index is 10.8. The molecule has 0 N–H and O–H groups in total. The van der Waals surface area contributed by atoms with Gasteiger partial charge in [-0.15, -0.1) is 0 Å². The molecule has 8 aromatic carbocycles. The molecule has 11 aromatic rings. The lowest BCUT2D eigenvalue weighted by Crippen LogP contribution is -2.05. The summed E-state index contributed by atoms with van der Waals surface area (Å²) < 4.78 is 9.18. The quantitative estimate of drug-likeness (QED) is 0.170. The van der Waals surface area contributed by atoms with Crippen molar-refractivity contribution in [3.63, 3.8) is 0 Å². The summed E-state index contributed by atoms with van der Waals surface area (Å²) in [7, 11) is 0. The van der Waals surface area contributed by atoms with Crippen molar-refractivity contribution in [3.05, 3.63) is 200 Å². The second kappa shape index (κ2) is 13.6. The molecule has 0 bridgehead atoms. The van der Waals surface area contributed by atoms with Crippen LogP contribution in [0.25, 0.3) is 106 Å². The molecule has 0 amide bonds. The number of nitrogens with zero attached hydrogens (tertiary/aromatic N) is 4. The summed E-state index contributed by atoms with van der Waals surface area (Å²) in [5.41, 5.74) is 12.8. The van der Waals surface area contributed by atoms with E-state index in [1.54, 1.807) is 0 Å². The number of para-hydroxylation sites is 2. The van der Waals surface area contributed by atoms with Crippen LogP contribution in [-0.2, 0) is 0 Å². The van der Waals surface area contributed by atoms with Gasteiger partial charge in [-0.05, 0) is 47.0 Å². The highest BCUT2D eigenvalue weighted by atomic mass is 16.3. The van der Waals surface area contributed by atoms with Gasteiger partial charge in [0.2, 0.25) is 0 Å². The maximum Gasteiger partial charge on any atom is 0.161 e. The first-order valence-corrected chi connectivity index (χ1v) is 19.3. The Balaban J connectivity index is 1.34. The molecule has 0 radical (unpaired) electrons. The Hall–Kier alpha value is -8.07. The molecule has 0 atom stereocenters. The van der Waals surface area contributed by atoms with Crippen molar-refractivity contribution in [2.75, 3.05) is 0 Å². The van der Waals surface area contributed by atoms with Crippen LogP contribution in [0.1, 0.15) is 5.56 Å². The zero-order valence-corrected chi connectivity index (χ0v) is 31.2. The van der Waals surface area contributed by atoms with Gasteiger partial charge < -0.3 is 8.98 Å². The molecule has 5 nitrogen and oxygen atoms in total. The topological polar surface area (TPSA) is 67.6 Å². The summed E-state index contributed by atoms with van der Waals surface area (Å²) in [6.07, 6.45) is 0. The molecule has 5 heteroatoms. The second-order valence-electron chi connectivity index (χ2n) is 14.4. The number of furan rings is 1. The van der Waals surface area contributed by atoms with Crippen molar-refractivity contribution in [2.45, 2.75) is 0 Å². The predicted octanol–water partition coefficient (Wildman–Crippen LogP) is 13.7. The second-order valence-corrected chi connectivity index (χ2v) is 14.4. The molecule has 270 valence electrons. The number of hydrogen-bond acceptors (Lipinski definition) is 4. The molecular weight excluding hydrogens is 709 g/mol. The summed E-state index contributed by atoms with van der Waals surface area (Å²) in [6.45, 7) is 0. The SMILES string of the molecule is N#Cc1c(-c2ccccc2)nc(-c2cc(-c3ccccc3)cc(-n3c4ccccc4c4ccc5c6ccccc6oc5c43)c2-c2ccccc2)nc1-c1ccccc1. The Labute approximate surface area is 334 Å². The van der Waals surface area contributed by atoms with E-state index >= 15 is 0 Å². The van der Waals surface area contributed by atoms with E-state index in [1.807, 2.05) is 84.9 Å². The number of benzene rings is 8. The smallest absolute Gasteiger partial charge is 0.161 e. The Morgan fingerprint density at radius 2 is 1.00 bits per heavy atom. The Kier molecular flexibility index (Phi) is 7.80. The van der Waals surface area contributed by atoms with Gasteiger partial charge in [0, 0.05) is 43.8 Å². The summed E-state index contributed by atoms with van der Waals surface area (Å²) in [5, 5.41) is 15.1. The third-order valence-electron chi connectivity index (χ3n) is 11.1. The minimum absolute atomic E-state index is 0.427. The van der Waals surface area contributed by atoms with E-state index in [1.165, 1.54) is 0 Å². The van der Waals surface area contributed by atoms with Crippen LogP contribution in [-0.4, -0.2) is 14.5 Å². The van der Waals surface area contributed by atoms with Gasteiger partial charge in [0.05, 0.1) is 28.1 Å². The van der Waals surface area contributed by atoms with E-state index in [-0.39, 0.29) is 0 Å². The van der Waals surface area contributed by atoms with Crippen LogP contribution in [0.2, 0.25) is 0 Å². The number of fused-ring (bicyclic) bond motifs is 7. The zero-order chi connectivity index (χ0) is 38.6. The molecule has 3 heterocycles. The molecule has 0 saturated heterocycles. The van der Waals surface area contributed by atoms with Crippen molar-refractivity contribution in [3.8, 4) is 67.9 Å². The zero-order valence-electron chi connectivity index (χ0n) is 31.2. The molecule has 0 spiro atoms. The predicted molar refractivity (Wildman–Crippen MR) is 236 cm³/mol. The first-order valence-electron chi connectivity index (χ1n) is 19.3. The third-order valence-corrected chi connectivity index (χ3v) is 11.1. The first-order chi connectivity index (χ1) is 28.7. The summed E-state index contributed by atoms with van der Waals surface area (Å²) in [4.78, 5) is 10.7. The van der Waals surface area contributed by atoms with Gasteiger partial charge in [-0.1, -0.05) is 164 Å². The van der Waals surface area contributed by atoms with Crippen molar-refractivity contribution in [1.29, 1.82) is 5.26 Å². The summed E-state index contributed by atoms with van der Waals surface area (Å²) >= 11 is 0. The van der Waals surface area contributed by atoms with Crippen LogP contribution in [0, 0.1) is 11.3 Å². The van der Waals surface area contributed by atoms with Gasteiger partial charge in [0.1, 0.15) is 17.2 Å². The van der Waals surface area contributed by atoms with Crippen molar-refractivity contribution in [2.24, 2.45) is 0 Å². The molecule has 0 aliphatic rings. The Bertz CT molecular complexity index is 3320. The van der Waals surface area contributed by atoms with E-state index < -0.39 is 0 Å². The maximum atomic E-state index is 10.8. The molecular formula is C53H32N4O. The molecule has 3 aromatic heterocycles. The fraction of sp³-hybridized carbons (Fsp3) is 0. The summed E-state index contributed by atoms with van der Waals surface area (Å²) in [6, 6.07) is 69.0. The Morgan fingerprint density at radius 3 is 1.64 bits per heavy atom. The van der Waals surface area contributed by atoms with E-state index in [4.69, 9.17) is 14.4 Å². The van der Waals surface area contributed by atoms with Gasteiger partial charge in [-0.2, -0.15) is 5.26 Å². The normalized spacial score (nSPS) is 11.4. The lowest BCUT2D eigenvalue weighted by molar-refractivity contribution is 0.671. The fourth-order valence-corrected chi connectivity index (χ4v) is 8.46. The fourth-order valence-electron chi connectivity index (χ4n) is 8.46. The van der Waals surface area contributed by atoms with Crippen molar-refractivity contribution < 1.29 is 4.42 Å². The number of aromatic nitrogens is 3. The highest BCUT2D eigenvalue weighted by Crippen LogP contribution is 2.46. The van der Waals surface area contributed by atoms with Gasteiger partial charge >= 0.3 is 0 Å². The van der Waals surface area contributed by atoms with Crippen molar-refractivity contribution in [1.82, 2.24) is 14.5 Å². The molecule has 58 heavy (non-hydrogen) atoms. The average Bonchev–Trinajstić information content (AvgIpc) is 3.85. The van der Waals surface area contributed by atoms with Crippen LogP contribution in [0.15, 0.2) is 199 Å². The number of nitriles is 1. The van der Waals surface area contributed by atoms with Crippen molar-refractivity contribution >= 4 is 43.7 Å². The largest absolute Gasteiger partial charge is 0.454 e. The van der Waals surface area contributed by atoms with E-state index in [9.17, 15) is 5.26 Å². The van der Waals surface area contributed by atoms with Gasteiger partial charge in [0.15, 0.2) is 11.4 Å². The van der Waals surface area contributed by atoms with Crippen LogP contribution in [0.4, 0.5) is 0 Å². The molecule has 0 saturated carbocycles. The standard InChI is InChI=1S/C53H32N4O/c54-33-44-49(36-21-9-3-10-22-36)55-53(56-50(44)37-23-11-4-12-24-37)43-31-38(34-17-5-1-6-18-34)32-46(48(43)35-19-7-2-8-20-35)57-45-27-15-13-25-39(45)41-29-30-42-40-26-14-16-28-47(40)58-52(42)51(41)57/h1-32H. The van der Waals surface area contributed by atoms with E-state index in [0.717, 1.165) is 88.4 Å². The molecule has 0 aliphatic carbocycles. The van der Waals surface area contributed by atoms with E-state index in [2.05, 4.69) is 120 Å². The minimum atomic E-state index is 0.427. The third kappa shape index (κ3) is 5.31. The molecule has 0 unspecified atom stereocenters. The van der Waals surface area contributed by atoms with Crippen LogP contribution < -0.4 is 0 Å². The molecule has 0 fully saturated rings.